The maximum absolute atomic E-state index is 12.2. The van der Waals surface area contributed by atoms with Gasteiger partial charge in [0, 0.05) is 16.3 Å². The van der Waals surface area contributed by atoms with Crippen molar-refractivity contribution in [2.24, 2.45) is 0 Å². The molecule has 0 unspecified atom stereocenters. The Morgan fingerprint density at radius 3 is 2.15 bits per heavy atom. The van der Waals surface area contributed by atoms with Gasteiger partial charge in [-0.3, -0.25) is 4.79 Å². The van der Waals surface area contributed by atoms with Crippen molar-refractivity contribution in [1.29, 1.82) is 0 Å². The zero-order valence-electron chi connectivity index (χ0n) is 11.2. The van der Waals surface area contributed by atoms with E-state index in [0.29, 0.717) is 10.6 Å². The number of benzene rings is 2. The van der Waals surface area contributed by atoms with Gasteiger partial charge in [-0.1, -0.05) is 29.9 Å². The van der Waals surface area contributed by atoms with Gasteiger partial charge in [0.1, 0.15) is 0 Å². The lowest BCUT2D eigenvalue weighted by Gasteiger charge is -2.09. The molecule has 0 aromatic heterocycles. The number of thiocarbonyl (C=S) groups is 1. The van der Waals surface area contributed by atoms with Crippen molar-refractivity contribution in [3.8, 4) is 0 Å². The lowest BCUT2D eigenvalue weighted by Crippen LogP contribution is -2.20. The second-order valence-electron chi connectivity index (χ2n) is 4.67. The lowest BCUT2D eigenvalue weighted by molar-refractivity contribution is 0.106. The molecule has 0 heterocycles. The normalized spacial score (nSPS) is 10.2. The van der Waals surface area contributed by atoms with E-state index in [9.17, 15) is 4.79 Å². The fourth-order valence-electron chi connectivity index (χ4n) is 1.97. The van der Waals surface area contributed by atoms with Crippen molar-refractivity contribution in [2.45, 2.75) is 13.8 Å². The summed E-state index contributed by atoms with van der Waals surface area (Å²) in [5.74, 6) is -0.212. The molecule has 0 aliphatic rings. The topological polar surface area (TPSA) is 29.1 Å². The maximum atomic E-state index is 12.2. The summed E-state index contributed by atoms with van der Waals surface area (Å²) < 4.78 is 0. The van der Waals surface area contributed by atoms with Crippen molar-refractivity contribution >= 4 is 40.3 Å². The van der Waals surface area contributed by atoms with Crippen LogP contribution in [0.4, 0.5) is 5.69 Å². The number of rotatable bonds is 3. The molecule has 20 heavy (non-hydrogen) atoms. The van der Waals surface area contributed by atoms with Crippen LogP contribution in [0.2, 0.25) is 5.02 Å². The van der Waals surface area contributed by atoms with Gasteiger partial charge in [-0.15, -0.1) is 0 Å². The third-order valence-electron chi connectivity index (χ3n) is 2.79. The van der Waals surface area contributed by atoms with Crippen LogP contribution in [0, 0.1) is 13.8 Å². The summed E-state index contributed by atoms with van der Waals surface area (Å²) in [5, 5.41) is 3.58. The van der Waals surface area contributed by atoms with Crippen LogP contribution in [0.5, 0.6) is 0 Å². The molecule has 0 saturated carbocycles. The molecule has 0 atom stereocenters. The van der Waals surface area contributed by atoms with E-state index >= 15 is 0 Å². The first-order valence-electron chi connectivity index (χ1n) is 6.15. The van der Waals surface area contributed by atoms with Gasteiger partial charge in [0.25, 0.3) is 0 Å². The summed E-state index contributed by atoms with van der Waals surface area (Å²) in [4.78, 5) is 12.4. The van der Waals surface area contributed by atoms with Gasteiger partial charge in [0.05, 0.1) is 0 Å². The highest BCUT2D eigenvalue weighted by Gasteiger charge is 2.12. The van der Waals surface area contributed by atoms with Crippen molar-refractivity contribution < 1.29 is 4.79 Å². The fourth-order valence-corrected chi connectivity index (χ4v) is 2.33. The summed E-state index contributed by atoms with van der Waals surface area (Å²) in [6.07, 6.45) is 0. The van der Waals surface area contributed by atoms with Gasteiger partial charge in [-0.2, -0.15) is 0 Å². The maximum Gasteiger partial charge on any atom is 0.220 e. The van der Waals surface area contributed by atoms with Gasteiger partial charge in [-0.25, -0.2) is 0 Å². The Morgan fingerprint density at radius 1 is 1.05 bits per heavy atom. The van der Waals surface area contributed by atoms with E-state index in [0.717, 1.165) is 16.8 Å². The monoisotopic (exact) mass is 303 g/mol. The van der Waals surface area contributed by atoms with Crippen molar-refractivity contribution in [2.75, 3.05) is 5.32 Å². The number of carbonyl (C=O) groups is 1. The molecule has 102 valence electrons. The second-order valence-corrected chi connectivity index (χ2v) is 5.51. The van der Waals surface area contributed by atoms with E-state index in [2.05, 4.69) is 11.4 Å². The van der Waals surface area contributed by atoms with Gasteiger partial charge < -0.3 is 5.32 Å². The lowest BCUT2D eigenvalue weighted by atomic mass is 10.1. The summed E-state index contributed by atoms with van der Waals surface area (Å²) in [7, 11) is 0. The molecule has 2 rings (SSSR count). The first-order chi connectivity index (χ1) is 9.45. The van der Waals surface area contributed by atoms with Gasteiger partial charge in [0.2, 0.25) is 5.78 Å². The number of hydrogen-bond acceptors (Lipinski definition) is 2. The zero-order chi connectivity index (χ0) is 14.7. The zero-order valence-corrected chi connectivity index (χ0v) is 12.8. The minimum Gasteiger partial charge on any atom is -0.343 e. The van der Waals surface area contributed by atoms with E-state index in [1.165, 1.54) is 0 Å². The van der Waals surface area contributed by atoms with Crippen LogP contribution in [-0.2, 0) is 0 Å². The Morgan fingerprint density at radius 2 is 1.60 bits per heavy atom. The number of hydrogen-bond donors (Lipinski definition) is 1. The average molecular weight is 304 g/mol. The first kappa shape index (κ1) is 14.7. The molecule has 0 amide bonds. The summed E-state index contributed by atoms with van der Waals surface area (Å²) >= 11 is 11.0. The van der Waals surface area contributed by atoms with E-state index in [-0.39, 0.29) is 10.8 Å². The van der Waals surface area contributed by atoms with Crippen LogP contribution >= 0.6 is 23.8 Å². The quantitative estimate of drug-likeness (QED) is 0.665. The van der Waals surface area contributed by atoms with E-state index in [1.54, 1.807) is 24.3 Å². The van der Waals surface area contributed by atoms with E-state index < -0.39 is 0 Å². The average Bonchev–Trinajstić information content (AvgIpc) is 2.37. The summed E-state index contributed by atoms with van der Waals surface area (Å²) in [5.41, 5.74) is 3.59. The molecule has 1 N–H and O–H groups in total. The summed E-state index contributed by atoms with van der Waals surface area (Å²) in [6, 6.07) is 12.7. The standard InChI is InChI=1S/C16H14ClNOS/c1-10-7-11(2)9-14(8-10)18-16(20)15(19)12-3-5-13(17)6-4-12/h3-9H,1-2H3,(H,18,20). The van der Waals surface area contributed by atoms with Crippen molar-refractivity contribution in [3.05, 3.63) is 64.2 Å². The third-order valence-corrected chi connectivity index (χ3v) is 3.33. The largest absolute Gasteiger partial charge is 0.343 e. The highest BCUT2D eigenvalue weighted by molar-refractivity contribution is 7.82. The van der Waals surface area contributed by atoms with E-state index in [1.807, 2.05) is 26.0 Å². The Hall–Kier alpha value is -1.71. The number of ketones is 1. The van der Waals surface area contributed by atoms with Crippen LogP contribution in [0.15, 0.2) is 42.5 Å². The molecule has 2 aromatic carbocycles. The molecular formula is C16H14ClNOS. The molecule has 0 aliphatic heterocycles. The molecule has 4 heteroatoms. The third kappa shape index (κ3) is 3.65. The van der Waals surface area contributed by atoms with E-state index in [4.69, 9.17) is 23.8 Å². The van der Waals surface area contributed by atoms with Crippen molar-refractivity contribution in [3.63, 3.8) is 0 Å². The van der Waals surface area contributed by atoms with Crippen molar-refractivity contribution in [1.82, 2.24) is 0 Å². The SMILES string of the molecule is Cc1cc(C)cc(NC(=S)C(=O)c2ccc(Cl)cc2)c1. The number of anilines is 1. The van der Waals surface area contributed by atoms with Gasteiger partial charge in [0.15, 0.2) is 4.99 Å². The molecule has 0 radical (unpaired) electrons. The number of aryl methyl sites for hydroxylation is 2. The second kappa shape index (κ2) is 6.16. The predicted octanol–water partition coefficient (Wildman–Crippen LogP) is 4.58. The fraction of sp³-hybridized carbons (Fsp3) is 0.125. The van der Waals surface area contributed by atoms with Crippen LogP contribution in [0.25, 0.3) is 0 Å². The highest BCUT2D eigenvalue weighted by Crippen LogP contribution is 2.15. The van der Waals surface area contributed by atoms with Crippen LogP contribution < -0.4 is 5.32 Å². The van der Waals surface area contributed by atoms with Crippen LogP contribution in [0.1, 0.15) is 21.5 Å². The molecule has 0 fully saturated rings. The highest BCUT2D eigenvalue weighted by atomic mass is 35.5. The first-order valence-corrected chi connectivity index (χ1v) is 6.94. The number of nitrogens with one attached hydrogen (secondary N) is 1. The Balaban J connectivity index is 2.15. The summed E-state index contributed by atoms with van der Waals surface area (Å²) in [6.45, 7) is 4.00. The molecule has 2 nitrogen and oxygen atoms in total. The number of Topliss-reactive ketones (excluding diaryl/α,β-unsaturated/α-hetero) is 1. The molecular weight excluding hydrogens is 290 g/mol. The number of halogens is 1. The van der Waals surface area contributed by atoms with Crippen LogP contribution in [0.3, 0.4) is 0 Å². The molecule has 0 saturated heterocycles. The van der Waals surface area contributed by atoms with Gasteiger partial charge in [-0.05, 0) is 61.4 Å². The predicted molar refractivity (Wildman–Crippen MR) is 87.9 cm³/mol. The molecule has 0 spiro atoms. The molecule has 2 aromatic rings. The molecule has 0 bridgehead atoms. The van der Waals surface area contributed by atoms with Gasteiger partial charge >= 0.3 is 0 Å². The Kier molecular flexibility index (Phi) is 4.53. The Labute approximate surface area is 128 Å². The van der Waals surface area contributed by atoms with Crippen LogP contribution in [-0.4, -0.2) is 10.8 Å². The smallest absolute Gasteiger partial charge is 0.220 e. The minimum atomic E-state index is -0.212. The Bertz CT molecular complexity index is 644. The molecule has 0 aliphatic carbocycles. The number of carbonyl (C=O) groups excluding carboxylic acids is 1. The minimum absolute atomic E-state index is 0.178.